The lowest BCUT2D eigenvalue weighted by molar-refractivity contribution is 0.132. The minimum Gasteiger partial charge on any atom is -0.491 e. The largest absolute Gasteiger partial charge is 0.491 e. The predicted molar refractivity (Wildman–Crippen MR) is 66.5 cm³/mol. The minimum atomic E-state index is -2.97. The molecule has 1 rings (SSSR count). The van der Waals surface area contributed by atoms with E-state index >= 15 is 0 Å². The monoisotopic (exact) mass is 262 g/mol. The number of hydrogen-bond acceptors (Lipinski definition) is 3. The summed E-state index contributed by atoms with van der Waals surface area (Å²) in [6, 6.07) is 9.42. The molecule has 5 heteroatoms. The highest BCUT2D eigenvalue weighted by atomic mass is 35.7. The number of benzene rings is 1. The van der Waals surface area contributed by atoms with Gasteiger partial charge < -0.3 is 9.26 Å². The van der Waals surface area contributed by atoms with E-state index in [0.29, 0.717) is 13.0 Å². The molecule has 90 valence electrons. The van der Waals surface area contributed by atoms with Gasteiger partial charge in [-0.05, 0) is 29.8 Å². The molecule has 0 fully saturated rings. The van der Waals surface area contributed by atoms with Gasteiger partial charge in [0.05, 0.1) is 6.10 Å². The Morgan fingerprint density at radius 2 is 2.00 bits per heavy atom. The van der Waals surface area contributed by atoms with Crippen LogP contribution in [0.2, 0.25) is 0 Å². The topological polar surface area (TPSA) is 35.5 Å². The third kappa shape index (κ3) is 5.55. The number of ether oxygens (including phenoxy) is 1. The molecule has 0 N–H and O–H groups in total. The highest BCUT2D eigenvalue weighted by molar-refractivity contribution is 7.84. The Balaban J connectivity index is 2.43. The van der Waals surface area contributed by atoms with Crippen molar-refractivity contribution in [2.45, 2.75) is 19.4 Å². The van der Waals surface area contributed by atoms with Crippen molar-refractivity contribution in [3.8, 4) is 5.75 Å². The lowest BCUT2D eigenvalue weighted by Crippen LogP contribution is -2.19. The number of para-hydroxylation sites is 1. The van der Waals surface area contributed by atoms with Crippen molar-refractivity contribution in [3.05, 3.63) is 30.3 Å². The van der Waals surface area contributed by atoms with E-state index in [0.717, 1.165) is 5.75 Å². The van der Waals surface area contributed by atoms with Gasteiger partial charge in [-0.25, -0.2) is 0 Å². The van der Waals surface area contributed by atoms with Gasteiger partial charge in [0.15, 0.2) is 0 Å². The molecule has 2 atom stereocenters. The maximum absolute atomic E-state index is 11.3. The first-order valence-electron chi connectivity index (χ1n) is 5.14. The SMILES string of the molecule is CC[C@H](COc1ccccc1)OP(C)(=O)Cl. The van der Waals surface area contributed by atoms with E-state index in [1.165, 1.54) is 6.66 Å². The summed E-state index contributed by atoms with van der Waals surface area (Å²) in [5.74, 6) is 0.769. The first-order valence-corrected chi connectivity index (χ1v) is 8.12. The normalized spacial score (nSPS) is 16.4. The summed E-state index contributed by atoms with van der Waals surface area (Å²) in [4.78, 5) is 0. The van der Waals surface area contributed by atoms with E-state index in [4.69, 9.17) is 20.5 Å². The van der Waals surface area contributed by atoms with Crippen LogP contribution in [0.1, 0.15) is 13.3 Å². The zero-order chi connectivity index (χ0) is 12.0. The number of rotatable bonds is 6. The lowest BCUT2D eigenvalue weighted by Gasteiger charge is -2.18. The van der Waals surface area contributed by atoms with Gasteiger partial charge in [0.1, 0.15) is 12.4 Å². The van der Waals surface area contributed by atoms with Gasteiger partial charge >= 0.3 is 0 Å². The smallest absolute Gasteiger partial charge is 0.287 e. The van der Waals surface area contributed by atoms with Crippen molar-refractivity contribution in [1.82, 2.24) is 0 Å². The van der Waals surface area contributed by atoms with Crippen LogP contribution in [0, 0.1) is 0 Å². The summed E-state index contributed by atoms with van der Waals surface area (Å²) in [5, 5.41) is 0. The Labute approximate surface area is 101 Å². The molecule has 0 aliphatic carbocycles. The van der Waals surface area contributed by atoms with Crippen LogP contribution in [0.4, 0.5) is 0 Å². The molecule has 0 amide bonds. The van der Waals surface area contributed by atoms with E-state index in [9.17, 15) is 4.57 Å². The van der Waals surface area contributed by atoms with E-state index < -0.39 is 6.72 Å². The van der Waals surface area contributed by atoms with Crippen LogP contribution >= 0.6 is 18.0 Å². The van der Waals surface area contributed by atoms with Crippen LogP contribution in [0.15, 0.2) is 30.3 Å². The molecule has 0 aliphatic heterocycles. The molecular formula is C11H16ClO3P. The minimum absolute atomic E-state index is 0.242. The van der Waals surface area contributed by atoms with Crippen LogP contribution in [-0.4, -0.2) is 19.4 Å². The molecule has 0 aromatic heterocycles. The van der Waals surface area contributed by atoms with Crippen LogP contribution in [0.3, 0.4) is 0 Å². The Morgan fingerprint density at radius 3 is 2.50 bits per heavy atom. The molecule has 0 spiro atoms. The van der Waals surface area contributed by atoms with Crippen LogP contribution in [-0.2, 0) is 9.09 Å². The molecule has 0 saturated heterocycles. The summed E-state index contributed by atoms with van der Waals surface area (Å²) in [5.41, 5.74) is 0. The molecule has 0 bridgehead atoms. The van der Waals surface area contributed by atoms with Gasteiger partial charge in [-0.3, -0.25) is 4.57 Å². The Morgan fingerprint density at radius 1 is 1.38 bits per heavy atom. The van der Waals surface area contributed by atoms with Crippen LogP contribution in [0.5, 0.6) is 5.75 Å². The quantitative estimate of drug-likeness (QED) is 0.729. The fraction of sp³-hybridized carbons (Fsp3) is 0.455. The standard InChI is InChI=1S/C11H16ClO3P/c1-3-10(15-16(2,12)13)9-14-11-7-5-4-6-8-11/h4-8,10H,3,9H2,1-2H3/t10-,16?/m1/s1. The van der Waals surface area contributed by atoms with E-state index in [2.05, 4.69) is 0 Å². The van der Waals surface area contributed by atoms with Crippen molar-refractivity contribution >= 4 is 18.0 Å². The lowest BCUT2D eigenvalue weighted by atomic mass is 10.3. The van der Waals surface area contributed by atoms with Gasteiger partial charge in [0, 0.05) is 6.66 Å². The third-order valence-electron chi connectivity index (χ3n) is 1.97. The molecule has 0 aliphatic rings. The Kier molecular flexibility index (Phi) is 5.33. The highest BCUT2D eigenvalue weighted by Gasteiger charge is 2.18. The summed E-state index contributed by atoms with van der Waals surface area (Å²) >= 11 is 5.57. The van der Waals surface area contributed by atoms with Gasteiger partial charge in [-0.2, -0.15) is 0 Å². The average molecular weight is 263 g/mol. The van der Waals surface area contributed by atoms with Gasteiger partial charge in [0.2, 0.25) is 0 Å². The van der Waals surface area contributed by atoms with Crippen LogP contribution in [0.25, 0.3) is 0 Å². The number of hydrogen-bond donors (Lipinski definition) is 0. The molecule has 1 aromatic carbocycles. The van der Waals surface area contributed by atoms with Crippen molar-refractivity contribution in [2.75, 3.05) is 13.3 Å². The summed E-state index contributed by atoms with van der Waals surface area (Å²) in [6.07, 6.45) is 0.464. The molecule has 0 saturated carbocycles. The van der Waals surface area contributed by atoms with Gasteiger partial charge in [-0.15, -0.1) is 0 Å². The Hall–Kier alpha value is -0.500. The van der Waals surface area contributed by atoms with Gasteiger partial charge in [-0.1, -0.05) is 25.1 Å². The molecule has 0 radical (unpaired) electrons. The second-order valence-electron chi connectivity index (χ2n) is 3.51. The molecular weight excluding hydrogens is 247 g/mol. The maximum Gasteiger partial charge on any atom is 0.287 e. The highest BCUT2D eigenvalue weighted by Crippen LogP contribution is 2.49. The summed E-state index contributed by atoms with van der Waals surface area (Å²) in [6.45, 7) is 0.710. The molecule has 1 unspecified atom stereocenters. The fourth-order valence-electron chi connectivity index (χ4n) is 1.19. The number of halogens is 1. The molecule has 1 aromatic rings. The average Bonchev–Trinajstić information content (AvgIpc) is 2.24. The Bertz CT molecular complexity index is 350. The first kappa shape index (κ1) is 13.6. The van der Waals surface area contributed by atoms with Gasteiger partial charge in [0.25, 0.3) is 6.72 Å². The zero-order valence-electron chi connectivity index (χ0n) is 9.43. The first-order chi connectivity index (χ1) is 7.51. The van der Waals surface area contributed by atoms with Crippen LogP contribution < -0.4 is 4.74 Å². The summed E-state index contributed by atoms with van der Waals surface area (Å²) < 4.78 is 22.0. The van der Waals surface area contributed by atoms with Crippen molar-refractivity contribution < 1.29 is 13.8 Å². The second kappa shape index (κ2) is 6.29. The maximum atomic E-state index is 11.3. The second-order valence-corrected chi connectivity index (χ2v) is 7.05. The van der Waals surface area contributed by atoms with Crippen molar-refractivity contribution in [3.63, 3.8) is 0 Å². The van der Waals surface area contributed by atoms with E-state index in [1.807, 2.05) is 37.3 Å². The van der Waals surface area contributed by atoms with E-state index in [1.54, 1.807) is 0 Å². The fourth-order valence-corrected chi connectivity index (χ4v) is 2.28. The van der Waals surface area contributed by atoms with Crippen molar-refractivity contribution in [2.24, 2.45) is 0 Å². The van der Waals surface area contributed by atoms with E-state index in [-0.39, 0.29) is 6.10 Å². The predicted octanol–water partition coefficient (Wildman–Crippen LogP) is 3.92. The zero-order valence-corrected chi connectivity index (χ0v) is 11.1. The molecule has 16 heavy (non-hydrogen) atoms. The third-order valence-corrected chi connectivity index (χ3v) is 2.89. The summed E-state index contributed by atoms with van der Waals surface area (Å²) in [7, 11) is 0. The molecule has 0 heterocycles. The van der Waals surface area contributed by atoms with Crippen molar-refractivity contribution in [1.29, 1.82) is 0 Å². The molecule has 3 nitrogen and oxygen atoms in total.